The SMILES string of the molecule is CCC1CCC(NC(=O)CC(C)c2ccc(N)cc2)C1C. The van der Waals surface area contributed by atoms with Gasteiger partial charge in [0.15, 0.2) is 0 Å². The summed E-state index contributed by atoms with van der Waals surface area (Å²) in [5.74, 6) is 1.77. The second-order valence-electron chi connectivity index (χ2n) is 6.55. The van der Waals surface area contributed by atoms with Crippen LogP contribution in [-0.2, 0) is 4.79 Å². The van der Waals surface area contributed by atoms with Gasteiger partial charge in [-0.05, 0) is 48.3 Å². The van der Waals surface area contributed by atoms with Crippen LogP contribution in [0.15, 0.2) is 24.3 Å². The Hall–Kier alpha value is -1.51. The molecule has 0 bridgehead atoms. The Morgan fingerprint density at radius 3 is 2.57 bits per heavy atom. The van der Waals surface area contributed by atoms with E-state index in [1.165, 1.54) is 18.4 Å². The lowest BCUT2D eigenvalue weighted by Crippen LogP contribution is -2.37. The number of nitrogen functional groups attached to an aromatic ring is 1. The first-order valence-electron chi connectivity index (χ1n) is 8.16. The van der Waals surface area contributed by atoms with Gasteiger partial charge in [-0.25, -0.2) is 0 Å². The number of rotatable bonds is 5. The molecule has 0 saturated heterocycles. The Morgan fingerprint density at radius 2 is 2.00 bits per heavy atom. The normalized spacial score (nSPS) is 26.5. The van der Waals surface area contributed by atoms with E-state index in [0.29, 0.717) is 18.4 Å². The van der Waals surface area contributed by atoms with Crippen LogP contribution in [-0.4, -0.2) is 11.9 Å². The van der Waals surface area contributed by atoms with E-state index in [1.807, 2.05) is 24.3 Å². The van der Waals surface area contributed by atoms with Crippen molar-refractivity contribution < 1.29 is 4.79 Å². The first kappa shape index (κ1) is 15.9. The number of benzene rings is 1. The third-order valence-electron chi connectivity index (χ3n) is 5.09. The minimum Gasteiger partial charge on any atom is -0.399 e. The van der Waals surface area contributed by atoms with Gasteiger partial charge < -0.3 is 11.1 Å². The van der Waals surface area contributed by atoms with Gasteiger partial charge in [0.2, 0.25) is 5.91 Å². The molecule has 0 aliphatic heterocycles. The molecule has 3 nitrogen and oxygen atoms in total. The largest absolute Gasteiger partial charge is 0.399 e. The zero-order valence-electron chi connectivity index (χ0n) is 13.4. The molecule has 2 rings (SSSR count). The topological polar surface area (TPSA) is 55.1 Å². The monoisotopic (exact) mass is 288 g/mol. The van der Waals surface area contributed by atoms with E-state index in [0.717, 1.165) is 18.0 Å². The predicted octanol–water partition coefficient (Wildman–Crippen LogP) is 3.70. The van der Waals surface area contributed by atoms with E-state index in [1.54, 1.807) is 0 Å². The summed E-state index contributed by atoms with van der Waals surface area (Å²) < 4.78 is 0. The van der Waals surface area contributed by atoms with E-state index < -0.39 is 0 Å². The van der Waals surface area contributed by atoms with Crippen molar-refractivity contribution in [3.05, 3.63) is 29.8 Å². The number of anilines is 1. The Balaban J connectivity index is 1.86. The summed E-state index contributed by atoms with van der Waals surface area (Å²) in [5.41, 5.74) is 7.64. The number of carbonyl (C=O) groups excluding carboxylic acids is 1. The summed E-state index contributed by atoms with van der Waals surface area (Å²) in [6.07, 6.45) is 4.14. The molecule has 116 valence electrons. The van der Waals surface area contributed by atoms with E-state index >= 15 is 0 Å². The van der Waals surface area contributed by atoms with Crippen molar-refractivity contribution in [3.8, 4) is 0 Å². The lowest BCUT2D eigenvalue weighted by atomic mass is 9.93. The maximum absolute atomic E-state index is 12.3. The van der Waals surface area contributed by atoms with Crippen LogP contribution in [0.2, 0.25) is 0 Å². The van der Waals surface area contributed by atoms with Gasteiger partial charge in [-0.1, -0.05) is 39.3 Å². The molecule has 21 heavy (non-hydrogen) atoms. The van der Waals surface area contributed by atoms with Crippen LogP contribution in [0.3, 0.4) is 0 Å². The zero-order valence-corrected chi connectivity index (χ0v) is 13.4. The number of nitrogens with two attached hydrogens (primary N) is 1. The van der Waals surface area contributed by atoms with Crippen molar-refractivity contribution in [2.45, 2.75) is 58.4 Å². The van der Waals surface area contributed by atoms with Crippen molar-refractivity contribution in [2.75, 3.05) is 5.73 Å². The fourth-order valence-corrected chi connectivity index (χ4v) is 3.51. The van der Waals surface area contributed by atoms with Crippen molar-refractivity contribution in [3.63, 3.8) is 0 Å². The first-order chi connectivity index (χ1) is 10.0. The van der Waals surface area contributed by atoms with Crippen molar-refractivity contribution >= 4 is 11.6 Å². The minimum atomic E-state index is 0.174. The lowest BCUT2D eigenvalue weighted by molar-refractivity contribution is -0.122. The third kappa shape index (κ3) is 3.99. The molecule has 1 aromatic carbocycles. The van der Waals surface area contributed by atoms with E-state index in [9.17, 15) is 4.79 Å². The zero-order chi connectivity index (χ0) is 15.4. The van der Waals surface area contributed by atoms with Gasteiger partial charge >= 0.3 is 0 Å². The maximum atomic E-state index is 12.3. The molecular formula is C18H28N2O. The smallest absolute Gasteiger partial charge is 0.220 e. The van der Waals surface area contributed by atoms with Crippen LogP contribution < -0.4 is 11.1 Å². The Bertz CT molecular complexity index is 469. The summed E-state index contributed by atoms with van der Waals surface area (Å²) in [7, 11) is 0. The molecule has 1 fully saturated rings. The highest BCUT2D eigenvalue weighted by atomic mass is 16.1. The minimum absolute atomic E-state index is 0.174. The fourth-order valence-electron chi connectivity index (χ4n) is 3.51. The molecule has 1 amide bonds. The van der Waals surface area contributed by atoms with E-state index in [2.05, 4.69) is 26.1 Å². The van der Waals surface area contributed by atoms with Crippen LogP contribution in [0.5, 0.6) is 0 Å². The predicted molar refractivity (Wildman–Crippen MR) is 88.0 cm³/mol. The van der Waals surface area contributed by atoms with Gasteiger partial charge in [-0.3, -0.25) is 4.79 Å². The van der Waals surface area contributed by atoms with Gasteiger partial charge in [0, 0.05) is 18.2 Å². The number of amides is 1. The number of hydrogen-bond donors (Lipinski definition) is 2. The highest BCUT2D eigenvalue weighted by Crippen LogP contribution is 2.34. The summed E-state index contributed by atoms with van der Waals surface area (Å²) >= 11 is 0. The third-order valence-corrected chi connectivity index (χ3v) is 5.09. The molecule has 3 N–H and O–H groups in total. The summed E-state index contributed by atoms with van der Waals surface area (Å²) in [6.45, 7) is 6.61. The van der Waals surface area contributed by atoms with Gasteiger partial charge in [-0.15, -0.1) is 0 Å². The van der Waals surface area contributed by atoms with Gasteiger partial charge in [0.25, 0.3) is 0 Å². The highest BCUT2D eigenvalue weighted by molar-refractivity contribution is 5.77. The quantitative estimate of drug-likeness (QED) is 0.812. The average molecular weight is 288 g/mol. The van der Waals surface area contributed by atoms with Crippen molar-refractivity contribution in [1.82, 2.24) is 5.32 Å². The molecule has 1 aromatic rings. The Kier molecular flexibility index (Phi) is 5.27. The molecule has 4 atom stereocenters. The summed E-state index contributed by atoms with van der Waals surface area (Å²) in [4.78, 5) is 12.3. The Labute approximate surface area is 128 Å². The highest BCUT2D eigenvalue weighted by Gasteiger charge is 2.32. The molecule has 0 radical (unpaired) electrons. The van der Waals surface area contributed by atoms with Crippen LogP contribution in [0.4, 0.5) is 5.69 Å². The van der Waals surface area contributed by atoms with Gasteiger partial charge in [0.1, 0.15) is 0 Å². The molecular weight excluding hydrogens is 260 g/mol. The average Bonchev–Trinajstić information content (AvgIpc) is 2.80. The van der Waals surface area contributed by atoms with Crippen molar-refractivity contribution in [2.24, 2.45) is 11.8 Å². The van der Waals surface area contributed by atoms with E-state index in [4.69, 9.17) is 5.73 Å². The second-order valence-corrected chi connectivity index (χ2v) is 6.55. The van der Waals surface area contributed by atoms with Gasteiger partial charge in [0.05, 0.1) is 0 Å². The van der Waals surface area contributed by atoms with Crippen LogP contribution in [0.25, 0.3) is 0 Å². The standard InChI is InChI=1S/C18H28N2O/c1-4-14-7-10-17(13(14)3)20-18(21)11-12(2)15-5-8-16(19)9-6-15/h5-6,8-9,12-14,17H,4,7,10-11,19H2,1-3H3,(H,20,21). The first-order valence-corrected chi connectivity index (χ1v) is 8.16. The number of carbonyl (C=O) groups is 1. The molecule has 1 aliphatic carbocycles. The summed E-state index contributed by atoms with van der Waals surface area (Å²) in [5, 5.41) is 3.24. The second kappa shape index (κ2) is 6.97. The van der Waals surface area contributed by atoms with E-state index in [-0.39, 0.29) is 11.8 Å². The molecule has 4 unspecified atom stereocenters. The van der Waals surface area contributed by atoms with Gasteiger partial charge in [-0.2, -0.15) is 0 Å². The molecule has 1 saturated carbocycles. The summed E-state index contributed by atoms with van der Waals surface area (Å²) in [6, 6.07) is 8.18. The maximum Gasteiger partial charge on any atom is 0.220 e. The van der Waals surface area contributed by atoms with Crippen LogP contribution in [0, 0.1) is 11.8 Å². The lowest BCUT2D eigenvalue weighted by Gasteiger charge is -2.22. The van der Waals surface area contributed by atoms with Crippen molar-refractivity contribution in [1.29, 1.82) is 0 Å². The fraction of sp³-hybridized carbons (Fsp3) is 0.611. The molecule has 3 heteroatoms. The Morgan fingerprint density at radius 1 is 1.33 bits per heavy atom. The number of nitrogens with one attached hydrogen (secondary N) is 1. The molecule has 0 spiro atoms. The number of hydrogen-bond acceptors (Lipinski definition) is 2. The molecule has 1 aliphatic rings. The molecule has 0 heterocycles. The molecule has 0 aromatic heterocycles. The van der Waals surface area contributed by atoms with Crippen LogP contribution >= 0.6 is 0 Å². The van der Waals surface area contributed by atoms with Crippen LogP contribution in [0.1, 0.15) is 57.9 Å².